The Morgan fingerprint density at radius 3 is 2.43 bits per heavy atom. The lowest BCUT2D eigenvalue weighted by atomic mass is 10.1. The summed E-state index contributed by atoms with van der Waals surface area (Å²) < 4.78 is 5.87. The van der Waals surface area contributed by atoms with Crippen LogP contribution >= 0.6 is 34.8 Å². The Hall–Kier alpha value is -0.670. The van der Waals surface area contributed by atoms with Crippen LogP contribution in [-0.2, 0) is 6.42 Å². The number of rotatable bonds is 6. The number of nitrogens with one attached hydrogen (secondary N) is 1. The molecule has 21 heavy (non-hydrogen) atoms. The Bertz CT molecular complexity index is 586. The highest BCUT2D eigenvalue weighted by atomic mass is 35.5. The SMILES string of the molecule is CCCNC(C)Cc1ccc(-c2c(Cl)cc(Cl)cc2Cl)o1. The van der Waals surface area contributed by atoms with Crippen molar-refractivity contribution in [2.75, 3.05) is 6.54 Å². The van der Waals surface area contributed by atoms with E-state index in [9.17, 15) is 0 Å². The van der Waals surface area contributed by atoms with Crippen molar-refractivity contribution in [3.05, 3.63) is 45.1 Å². The quantitative estimate of drug-likeness (QED) is 0.711. The van der Waals surface area contributed by atoms with E-state index in [1.54, 1.807) is 12.1 Å². The summed E-state index contributed by atoms with van der Waals surface area (Å²) in [6.07, 6.45) is 1.94. The molecule has 0 amide bonds. The van der Waals surface area contributed by atoms with Gasteiger partial charge in [-0.3, -0.25) is 0 Å². The molecule has 1 aromatic heterocycles. The largest absolute Gasteiger partial charge is 0.461 e. The minimum Gasteiger partial charge on any atom is -0.461 e. The fraction of sp³-hybridized carbons (Fsp3) is 0.375. The molecule has 2 aromatic rings. The lowest BCUT2D eigenvalue weighted by Crippen LogP contribution is -2.28. The van der Waals surface area contributed by atoms with E-state index in [4.69, 9.17) is 39.2 Å². The second-order valence-electron chi connectivity index (χ2n) is 5.07. The highest BCUT2D eigenvalue weighted by Crippen LogP contribution is 2.38. The van der Waals surface area contributed by atoms with E-state index >= 15 is 0 Å². The lowest BCUT2D eigenvalue weighted by Gasteiger charge is -2.11. The molecule has 0 bridgehead atoms. The van der Waals surface area contributed by atoms with E-state index in [0.717, 1.165) is 25.1 Å². The van der Waals surface area contributed by atoms with Crippen molar-refractivity contribution in [1.82, 2.24) is 5.32 Å². The zero-order valence-electron chi connectivity index (χ0n) is 12.1. The Morgan fingerprint density at radius 1 is 1.14 bits per heavy atom. The molecule has 1 N–H and O–H groups in total. The third-order valence-electron chi connectivity index (χ3n) is 3.17. The summed E-state index contributed by atoms with van der Waals surface area (Å²) in [4.78, 5) is 0. The molecule has 0 radical (unpaired) electrons. The van der Waals surface area contributed by atoms with Crippen LogP contribution in [0.5, 0.6) is 0 Å². The summed E-state index contributed by atoms with van der Waals surface area (Å²) in [6.45, 7) is 5.29. The normalized spacial score (nSPS) is 12.6. The van der Waals surface area contributed by atoms with Crippen LogP contribution in [0.4, 0.5) is 0 Å². The highest BCUT2D eigenvalue weighted by Gasteiger charge is 2.15. The minimum absolute atomic E-state index is 0.361. The van der Waals surface area contributed by atoms with Gasteiger partial charge in [-0.2, -0.15) is 0 Å². The van der Waals surface area contributed by atoms with E-state index in [2.05, 4.69) is 19.2 Å². The molecular weight excluding hydrogens is 329 g/mol. The summed E-state index contributed by atoms with van der Waals surface area (Å²) >= 11 is 18.3. The van der Waals surface area contributed by atoms with Gasteiger partial charge < -0.3 is 9.73 Å². The maximum absolute atomic E-state index is 6.21. The first kappa shape index (κ1) is 16.7. The number of hydrogen-bond donors (Lipinski definition) is 1. The van der Waals surface area contributed by atoms with Gasteiger partial charge in [0.15, 0.2) is 0 Å². The van der Waals surface area contributed by atoms with Gasteiger partial charge in [0.25, 0.3) is 0 Å². The summed E-state index contributed by atoms with van der Waals surface area (Å²) in [7, 11) is 0. The van der Waals surface area contributed by atoms with Gasteiger partial charge in [-0.05, 0) is 44.2 Å². The molecule has 0 spiro atoms. The van der Waals surface area contributed by atoms with Gasteiger partial charge in [0.1, 0.15) is 11.5 Å². The fourth-order valence-corrected chi connectivity index (χ4v) is 3.17. The van der Waals surface area contributed by atoms with E-state index in [1.807, 2.05) is 12.1 Å². The summed E-state index contributed by atoms with van der Waals surface area (Å²) in [5.41, 5.74) is 0.683. The van der Waals surface area contributed by atoms with Gasteiger partial charge in [0.2, 0.25) is 0 Å². The molecule has 5 heteroatoms. The molecule has 1 atom stereocenters. The van der Waals surface area contributed by atoms with Crippen molar-refractivity contribution < 1.29 is 4.42 Å². The van der Waals surface area contributed by atoms with Gasteiger partial charge in [-0.1, -0.05) is 41.7 Å². The fourth-order valence-electron chi connectivity index (χ4n) is 2.16. The number of hydrogen-bond acceptors (Lipinski definition) is 2. The summed E-state index contributed by atoms with van der Waals surface area (Å²) in [5, 5.41) is 4.92. The minimum atomic E-state index is 0.361. The van der Waals surface area contributed by atoms with Crippen LogP contribution in [0.15, 0.2) is 28.7 Å². The molecule has 0 aliphatic rings. The number of halogens is 3. The van der Waals surface area contributed by atoms with Crippen LogP contribution in [0, 0.1) is 0 Å². The van der Waals surface area contributed by atoms with Crippen molar-refractivity contribution in [2.24, 2.45) is 0 Å². The monoisotopic (exact) mass is 345 g/mol. The highest BCUT2D eigenvalue weighted by molar-refractivity contribution is 6.41. The molecule has 114 valence electrons. The summed E-state index contributed by atoms with van der Waals surface area (Å²) in [6, 6.07) is 7.54. The molecule has 0 saturated carbocycles. The molecule has 0 fully saturated rings. The molecule has 2 nitrogen and oxygen atoms in total. The zero-order valence-corrected chi connectivity index (χ0v) is 14.3. The topological polar surface area (TPSA) is 25.2 Å². The van der Waals surface area contributed by atoms with E-state index in [-0.39, 0.29) is 0 Å². The maximum atomic E-state index is 6.21. The van der Waals surface area contributed by atoms with Crippen molar-refractivity contribution >= 4 is 34.8 Å². The molecule has 2 rings (SSSR count). The predicted octanol–water partition coefficient (Wildman–Crippen LogP) is 5.84. The van der Waals surface area contributed by atoms with Crippen molar-refractivity contribution in [1.29, 1.82) is 0 Å². The smallest absolute Gasteiger partial charge is 0.137 e. The Labute approximate surface area is 140 Å². The van der Waals surface area contributed by atoms with Crippen molar-refractivity contribution in [3.63, 3.8) is 0 Å². The number of furan rings is 1. The molecular formula is C16H18Cl3NO. The van der Waals surface area contributed by atoms with Crippen molar-refractivity contribution in [2.45, 2.75) is 32.7 Å². The maximum Gasteiger partial charge on any atom is 0.137 e. The van der Waals surface area contributed by atoms with Gasteiger partial charge in [0.05, 0.1) is 15.6 Å². The second kappa shape index (κ2) is 7.55. The zero-order chi connectivity index (χ0) is 15.4. The van der Waals surface area contributed by atoms with Crippen LogP contribution in [0.3, 0.4) is 0 Å². The van der Waals surface area contributed by atoms with Crippen molar-refractivity contribution in [3.8, 4) is 11.3 Å². The molecule has 1 heterocycles. The standard InChI is InChI=1S/C16H18Cl3NO/c1-3-6-20-10(2)7-12-4-5-15(21-12)16-13(18)8-11(17)9-14(16)19/h4-5,8-10,20H,3,6-7H2,1-2H3. The molecule has 0 saturated heterocycles. The van der Waals surface area contributed by atoms with Gasteiger partial charge in [0, 0.05) is 17.5 Å². The summed E-state index contributed by atoms with van der Waals surface area (Å²) in [5.74, 6) is 1.57. The van der Waals surface area contributed by atoms with Gasteiger partial charge in [-0.15, -0.1) is 0 Å². The molecule has 0 aliphatic heterocycles. The first-order chi connectivity index (χ1) is 10.0. The van der Waals surface area contributed by atoms with Gasteiger partial charge in [-0.25, -0.2) is 0 Å². The van der Waals surface area contributed by atoms with Crippen LogP contribution in [0.2, 0.25) is 15.1 Å². The Balaban J connectivity index is 2.17. The van der Waals surface area contributed by atoms with Gasteiger partial charge >= 0.3 is 0 Å². The van der Waals surface area contributed by atoms with E-state index < -0.39 is 0 Å². The van der Waals surface area contributed by atoms with Crippen LogP contribution in [0.25, 0.3) is 11.3 Å². The second-order valence-corrected chi connectivity index (χ2v) is 6.32. The average Bonchev–Trinajstić information content (AvgIpc) is 2.83. The Morgan fingerprint density at radius 2 is 1.81 bits per heavy atom. The van der Waals surface area contributed by atoms with Crippen LogP contribution < -0.4 is 5.32 Å². The number of benzene rings is 1. The van der Waals surface area contributed by atoms with E-state index in [0.29, 0.717) is 32.4 Å². The predicted molar refractivity (Wildman–Crippen MR) is 90.6 cm³/mol. The molecule has 0 aliphatic carbocycles. The average molecular weight is 347 g/mol. The van der Waals surface area contributed by atoms with E-state index in [1.165, 1.54) is 0 Å². The first-order valence-corrected chi connectivity index (χ1v) is 8.11. The lowest BCUT2D eigenvalue weighted by molar-refractivity contribution is 0.464. The van der Waals surface area contributed by atoms with Crippen LogP contribution in [-0.4, -0.2) is 12.6 Å². The molecule has 1 unspecified atom stereocenters. The van der Waals surface area contributed by atoms with Crippen LogP contribution in [0.1, 0.15) is 26.0 Å². The Kier molecular flexibility index (Phi) is 6.00. The first-order valence-electron chi connectivity index (χ1n) is 6.98. The third kappa shape index (κ3) is 4.40. The third-order valence-corrected chi connectivity index (χ3v) is 3.98. The molecule has 1 aromatic carbocycles.